The molecule has 3 nitrogen and oxygen atoms in total. The summed E-state index contributed by atoms with van der Waals surface area (Å²) in [6.45, 7) is 7.86. The SMILES string of the molecule is CC.Cc1ncn(N)c1C. The zero-order valence-corrected chi connectivity index (χ0v) is 7.05. The molecule has 0 spiro atoms. The Morgan fingerprint density at radius 1 is 1.40 bits per heavy atom. The summed E-state index contributed by atoms with van der Waals surface area (Å²) >= 11 is 0. The molecule has 0 aliphatic heterocycles. The number of imidazole rings is 1. The highest BCUT2D eigenvalue weighted by Crippen LogP contribution is 1.97. The van der Waals surface area contributed by atoms with E-state index in [1.807, 2.05) is 27.7 Å². The predicted molar refractivity (Wildman–Crippen MR) is 43.2 cm³/mol. The van der Waals surface area contributed by atoms with Crippen LogP contribution in [0.5, 0.6) is 0 Å². The molecule has 0 aromatic carbocycles. The molecule has 0 bridgehead atoms. The van der Waals surface area contributed by atoms with E-state index in [0.29, 0.717) is 0 Å². The van der Waals surface area contributed by atoms with Crippen LogP contribution in [0.3, 0.4) is 0 Å². The van der Waals surface area contributed by atoms with Crippen molar-refractivity contribution in [2.45, 2.75) is 27.7 Å². The van der Waals surface area contributed by atoms with Gasteiger partial charge in [-0.2, -0.15) is 0 Å². The van der Waals surface area contributed by atoms with Gasteiger partial charge in [0.25, 0.3) is 0 Å². The van der Waals surface area contributed by atoms with Gasteiger partial charge in [-0.1, -0.05) is 13.8 Å². The first-order valence-corrected chi connectivity index (χ1v) is 3.47. The second-order valence-corrected chi connectivity index (χ2v) is 1.82. The molecule has 2 N–H and O–H groups in total. The van der Waals surface area contributed by atoms with Crippen LogP contribution in [0.2, 0.25) is 0 Å². The summed E-state index contributed by atoms with van der Waals surface area (Å²) < 4.78 is 1.51. The minimum atomic E-state index is 0.993. The van der Waals surface area contributed by atoms with Crippen molar-refractivity contribution in [3.05, 3.63) is 17.7 Å². The number of hydrogen-bond donors (Lipinski definition) is 1. The van der Waals surface area contributed by atoms with Crippen molar-refractivity contribution < 1.29 is 0 Å². The number of rotatable bonds is 0. The van der Waals surface area contributed by atoms with Crippen LogP contribution in [0.4, 0.5) is 0 Å². The molecule has 0 saturated carbocycles. The number of nitrogens with zero attached hydrogens (tertiary/aromatic N) is 2. The Bertz CT molecular complexity index is 171. The lowest BCUT2D eigenvalue weighted by molar-refractivity contribution is 0.948. The molecule has 0 amide bonds. The van der Waals surface area contributed by atoms with Gasteiger partial charge in [-0.25, -0.2) is 4.98 Å². The van der Waals surface area contributed by atoms with Crippen LogP contribution in [-0.4, -0.2) is 9.66 Å². The second kappa shape index (κ2) is 3.93. The molecule has 1 heterocycles. The quantitative estimate of drug-likeness (QED) is 0.552. The zero-order chi connectivity index (χ0) is 8.15. The van der Waals surface area contributed by atoms with Gasteiger partial charge < -0.3 is 5.84 Å². The van der Waals surface area contributed by atoms with Gasteiger partial charge in [0.1, 0.15) is 6.33 Å². The van der Waals surface area contributed by atoms with Crippen LogP contribution in [0.25, 0.3) is 0 Å². The fraction of sp³-hybridized carbons (Fsp3) is 0.571. The van der Waals surface area contributed by atoms with Crippen molar-refractivity contribution in [2.75, 3.05) is 5.84 Å². The summed E-state index contributed by atoms with van der Waals surface area (Å²) in [6, 6.07) is 0. The van der Waals surface area contributed by atoms with Crippen LogP contribution < -0.4 is 5.84 Å². The molecule has 0 fully saturated rings. The number of hydrogen-bond acceptors (Lipinski definition) is 2. The first-order valence-electron chi connectivity index (χ1n) is 3.47. The third kappa shape index (κ3) is 1.76. The van der Waals surface area contributed by atoms with Crippen LogP contribution in [-0.2, 0) is 0 Å². The number of aromatic nitrogens is 2. The van der Waals surface area contributed by atoms with Gasteiger partial charge in [0.05, 0.1) is 11.4 Å². The summed E-state index contributed by atoms with van der Waals surface area (Å²) in [4.78, 5) is 3.95. The van der Waals surface area contributed by atoms with Gasteiger partial charge in [-0.3, -0.25) is 4.68 Å². The first kappa shape index (κ1) is 9.01. The average molecular weight is 141 g/mol. The maximum atomic E-state index is 5.39. The smallest absolute Gasteiger partial charge is 0.114 e. The van der Waals surface area contributed by atoms with Gasteiger partial charge in [-0.05, 0) is 13.8 Å². The maximum Gasteiger partial charge on any atom is 0.114 e. The van der Waals surface area contributed by atoms with E-state index in [2.05, 4.69) is 4.98 Å². The highest BCUT2D eigenvalue weighted by atomic mass is 15.3. The van der Waals surface area contributed by atoms with Crippen molar-refractivity contribution in [2.24, 2.45) is 0 Å². The van der Waals surface area contributed by atoms with Gasteiger partial charge in [0.2, 0.25) is 0 Å². The summed E-state index contributed by atoms with van der Waals surface area (Å²) in [6.07, 6.45) is 1.60. The minimum absolute atomic E-state index is 0.993. The zero-order valence-electron chi connectivity index (χ0n) is 7.05. The van der Waals surface area contributed by atoms with Gasteiger partial charge in [0.15, 0.2) is 0 Å². The van der Waals surface area contributed by atoms with Crippen LogP contribution in [0, 0.1) is 13.8 Å². The predicted octanol–water partition coefficient (Wildman–Crippen LogP) is 1.24. The number of nitrogens with two attached hydrogens (primary N) is 1. The fourth-order valence-electron chi connectivity index (χ4n) is 0.516. The molecular weight excluding hydrogens is 126 g/mol. The molecule has 0 radical (unpaired) electrons. The van der Waals surface area contributed by atoms with Crippen molar-refractivity contribution >= 4 is 0 Å². The molecule has 0 atom stereocenters. The van der Waals surface area contributed by atoms with Crippen molar-refractivity contribution in [1.29, 1.82) is 0 Å². The Morgan fingerprint density at radius 3 is 2.00 bits per heavy atom. The Kier molecular flexibility index (Phi) is 3.54. The normalized spacial score (nSPS) is 8.40. The van der Waals surface area contributed by atoms with Crippen LogP contribution in [0.1, 0.15) is 25.2 Å². The fourth-order valence-corrected chi connectivity index (χ4v) is 0.516. The highest BCUT2D eigenvalue weighted by Gasteiger charge is 1.94. The lowest BCUT2D eigenvalue weighted by atomic mass is 10.4. The molecule has 1 aromatic heterocycles. The molecule has 1 rings (SSSR count). The van der Waals surface area contributed by atoms with E-state index in [4.69, 9.17) is 5.84 Å². The summed E-state index contributed by atoms with van der Waals surface area (Å²) in [7, 11) is 0. The Morgan fingerprint density at radius 2 is 1.90 bits per heavy atom. The van der Waals surface area contributed by atoms with E-state index in [1.54, 1.807) is 6.33 Å². The summed E-state index contributed by atoms with van der Waals surface area (Å²) in [5.74, 6) is 5.39. The molecule has 0 saturated heterocycles. The van der Waals surface area contributed by atoms with Gasteiger partial charge in [-0.15, -0.1) is 0 Å². The average Bonchev–Trinajstić information content (AvgIpc) is 2.25. The second-order valence-electron chi connectivity index (χ2n) is 1.82. The van der Waals surface area contributed by atoms with E-state index in [-0.39, 0.29) is 0 Å². The molecule has 0 unspecified atom stereocenters. The van der Waals surface area contributed by atoms with E-state index in [0.717, 1.165) is 11.4 Å². The molecular formula is C7H15N3. The highest BCUT2D eigenvalue weighted by molar-refractivity contribution is 5.07. The number of aryl methyl sites for hydroxylation is 1. The van der Waals surface area contributed by atoms with E-state index in [1.165, 1.54) is 4.68 Å². The van der Waals surface area contributed by atoms with Crippen LogP contribution >= 0.6 is 0 Å². The molecule has 3 heteroatoms. The largest absolute Gasteiger partial charge is 0.338 e. The Hall–Kier alpha value is -0.990. The molecule has 0 aliphatic carbocycles. The van der Waals surface area contributed by atoms with Crippen LogP contribution in [0.15, 0.2) is 6.33 Å². The van der Waals surface area contributed by atoms with Gasteiger partial charge >= 0.3 is 0 Å². The Balaban J connectivity index is 0.000000371. The molecule has 0 aliphatic rings. The lowest BCUT2D eigenvalue weighted by Gasteiger charge is -1.91. The van der Waals surface area contributed by atoms with Crippen molar-refractivity contribution in [3.8, 4) is 0 Å². The Labute approximate surface area is 61.8 Å². The lowest BCUT2D eigenvalue weighted by Crippen LogP contribution is -2.07. The molecule has 10 heavy (non-hydrogen) atoms. The monoisotopic (exact) mass is 141 g/mol. The molecule has 1 aromatic rings. The summed E-state index contributed by atoms with van der Waals surface area (Å²) in [5.41, 5.74) is 2.01. The minimum Gasteiger partial charge on any atom is -0.338 e. The van der Waals surface area contributed by atoms with E-state index in [9.17, 15) is 0 Å². The molecule has 58 valence electrons. The standard InChI is InChI=1S/C5H9N3.C2H6/c1-4-5(2)8(6)3-7-4;1-2/h3H,6H2,1-2H3;1-2H3. The van der Waals surface area contributed by atoms with Gasteiger partial charge in [0, 0.05) is 0 Å². The number of nitrogen functional groups attached to an aromatic ring is 1. The summed E-state index contributed by atoms with van der Waals surface area (Å²) in [5, 5.41) is 0. The van der Waals surface area contributed by atoms with E-state index >= 15 is 0 Å². The first-order chi connectivity index (χ1) is 4.72. The van der Waals surface area contributed by atoms with Crippen molar-refractivity contribution in [1.82, 2.24) is 9.66 Å². The third-order valence-corrected chi connectivity index (χ3v) is 1.29. The third-order valence-electron chi connectivity index (χ3n) is 1.29. The van der Waals surface area contributed by atoms with Crippen molar-refractivity contribution in [3.63, 3.8) is 0 Å². The maximum absolute atomic E-state index is 5.39. The van der Waals surface area contributed by atoms with E-state index < -0.39 is 0 Å². The topological polar surface area (TPSA) is 43.8 Å².